The van der Waals surface area contributed by atoms with E-state index in [0.29, 0.717) is 27.2 Å². The fourth-order valence-electron chi connectivity index (χ4n) is 2.36. The summed E-state index contributed by atoms with van der Waals surface area (Å²) < 4.78 is 11.1. The average molecular weight is 271 g/mol. The zero-order valence-corrected chi connectivity index (χ0v) is 10.4. The lowest BCUT2D eigenvalue weighted by molar-refractivity contribution is 0.567. The Morgan fingerprint density at radius 2 is 1.74 bits per heavy atom. The third-order valence-electron chi connectivity index (χ3n) is 3.19. The van der Waals surface area contributed by atoms with E-state index in [1.807, 2.05) is 18.2 Å². The Balaban J connectivity index is 2.37. The van der Waals surface area contributed by atoms with Crippen molar-refractivity contribution in [2.75, 3.05) is 0 Å². The molecule has 0 saturated carbocycles. The van der Waals surface area contributed by atoms with Crippen LogP contribution in [0.15, 0.2) is 56.1 Å². The molecule has 2 aromatic heterocycles. The summed E-state index contributed by atoms with van der Waals surface area (Å²) in [6.07, 6.45) is 0. The van der Waals surface area contributed by atoms with E-state index in [-0.39, 0.29) is 0 Å². The van der Waals surface area contributed by atoms with Gasteiger partial charge in [0, 0.05) is 16.5 Å². The molecule has 0 aliphatic rings. The van der Waals surface area contributed by atoms with Crippen molar-refractivity contribution in [3.63, 3.8) is 0 Å². The molecule has 0 fully saturated rings. The van der Waals surface area contributed by atoms with Crippen LogP contribution in [0.1, 0.15) is 0 Å². The van der Waals surface area contributed by atoms with Gasteiger partial charge >= 0.3 is 5.63 Å². The second-order valence-corrected chi connectivity index (χ2v) is 4.77. The fraction of sp³-hybridized carbons (Fsp3) is 0. The van der Waals surface area contributed by atoms with Crippen molar-refractivity contribution in [3.05, 3.63) is 57.9 Å². The molecule has 0 unspecified atom stereocenters. The molecule has 2 aromatic carbocycles. The molecule has 0 atom stereocenters. The van der Waals surface area contributed by atoms with Crippen LogP contribution in [0.3, 0.4) is 0 Å². The summed E-state index contributed by atoms with van der Waals surface area (Å²) >= 11 is 5.94. The van der Waals surface area contributed by atoms with Crippen LogP contribution in [0, 0.1) is 0 Å². The van der Waals surface area contributed by atoms with Gasteiger partial charge < -0.3 is 8.83 Å². The van der Waals surface area contributed by atoms with Gasteiger partial charge in [-0.2, -0.15) is 0 Å². The van der Waals surface area contributed by atoms with E-state index in [1.165, 1.54) is 0 Å². The van der Waals surface area contributed by atoms with Crippen molar-refractivity contribution in [3.8, 4) is 0 Å². The zero-order chi connectivity index (χ0) is 13.0. The first-order valence-corrected chi connectivity index (χ1v) is 6.15. The van der Waals surface area contributed by atoms with Crippen molar-refractivity contribution in [1.29, 1.82) is 0 Å². The standard InChI is InChI=1S/C15H7ClO3/c16-8-5-6-9-12(7-8)18-14-10-3-1-2-4-11(10)19-15(17)13(9)14/h1-7H. The second-order valence-electron chi connectivity index (χ2n) is 4.33. The number of hydrogen-bond donors (Lipinski definition) is 0. The highest BCUT2D eigenvalue weighted by Crippen LogP contribution is 2.32. The fourth-order valence-corrected chi connectivity index (χ4v) is 2.52. The maximum Gasteiger partial charge on any atom is 0.348 e. The van der Waals surface area contributed by atoms with E-state index in [9.17, 15) is 4.79 Å². The Labute approximate surface area is 112 Å². The normalized spacial score (nSPS) is 11.6. The molecule has 0 N–H and O–H groups in total. The predicted molar refractivity (Wildman–Crippen MR) is 74.8 cm³/mol. The van der Waals surface area contributed by atoms with Crippen LogP contribution < -0.4 is 5.63 Å². The van der Waals surface area contributed by atoms with Crippen molar-refractivity contribution in [1.82, 2.24) is 0 Å². The highest BCUT2D eigenvalue weighted by atomic mass is 35.5. The molecule has 0 aliphatic heterocycles. The number of benzene rings is 2. The SMILES string of the molecule is O=c1oc2ccccc2c2oc3cc(Cl)ccc3c12. The number of rotatable bonds is 0. The van der Waals surface area contributed by atoms with Gasteiger partial charge in [-0.05, 0) is 24.3 Å². The summed E-state index contributed by atoms with van der Waals surface area (Å²) in [5, 5.41) is 2.54. The van der Waals surface area contributed by atoms with Gasteiger partial charge in [-0.25, -0.2) is 4.79 Å². The molecule has 4 rings (SSSR count). The average Bonchev–Trinajstić information content (AvgIpc) is 2.78. The third-order valence-corrected chi connectivity index (χ3v) is 3.43. The van der Waals surface area contributed by atoms with E-state index < -0.39 is 5.63 Å². The molecule has 19 heavy (non-hydrogen) atoms. The quantitative estimate of drug-likeness (QED) is 0.446. The van der Waals surface area contributed by atoms with Gasteiger partial charge in [-0.3, -0.25) is 0 Å². The molecule has 0 saturated heterocycles. The van der Waals surface area contributed by atoms with Gasteiger partial charge in [-0.1, -0.05) is 23.7 Å². The number of para-hydroxylation sites is 1. The first-order chi connectivity index (χ1) is 9.24. The highest BCUT2D eigenvalue weighted by Gasteiger charge is 2.15. The molecule has 2 heterocycles. The molecule has 0 spiro atoms. The Bertz CT molecular complexity index is 995. The van der Waals surface area contributed by atoms with Crippen molar-refractivity contribution >= 4 is 44.5 Å². The number of halogens is 1. The molecule has 92 valence electrons. The molecule has 4 heteroatoms. The summed E-state index contributed by atoms with van der Waals surface area (Å²) in [5.74, 6) is 0. The summed E-state index contributed by atoms with van der Waals surface area (Å²) in [6, 6.07) is 12.5. The number of furan rings is 1. The van der Waals surface area contributed by atoms with E-state index >= 15 is 0 Å². The van der Waals surface area contributed by atoms with Gasteiger partial charge in [-0.15, -0.1) is 0 Å². The van der Waals surface area contributed by atoms with Gasteiger partial charge in [0.05, 0.1) is 5.39 Å². The Kier molecular flexibility index (Phi) is 2.03. The van der Waals surface area contributed by atoms with Gasteiger partial charge in [0.15, 0.2) is 5.58 Å². The molecule has 0 radical (unpaired) electrons. The van der Waals surface area contributed by atoms with Crippen LogP contribution in [0.25, 0.3) is 32.9 Å². The number of fused-ring (bicyclic) bond motifs is 5. The van der Waals surface area contributed by atoms with Crippen LogP contribution in [-0.4, -0.2) is 0 Å². The molecule has 0 amide bonds. The maximum absolute atomic E-state index is 12.1. The van der Waals surface area contributed by atoms with Crippen molar-refractivity contribution < 1.29 is 8.83 Å². The van der Waals surface area contributed by atoms with Gasteiger partial charge in [0.1, 0.15) is 16.6 Å². The molecular weight excluding hydrogens is 264 g/mol. The lowest BCUT2D eigenvalue weighted by Gasteiger charge is -1.95. The predicted octanol–water partition coefficient (Wildman–Crippen LogP) is 4.35. The molecule has 3 nitrogen and oxygen atoms in total. The molecule has 4 aromatic rings. The summed E-state index contributed by atoms with van der Waals surface area (Å²) in [6.45, 7) is 0. The van der Waals surface area contributed by atoms with Crippen LogP contribution in [0.4, 0.5) is 0 Å². The Morgan fingerprint density at radius 1 is 0.895 bits per heavy atom. The summed E-state index contributed by atoms with van der Waals surface area (Å²) in [4.78, 5) is 12.1. The monoisotopic (exact) mass is 270 g/mol. The zero-order valence-electron chi connectivity index (χ0n) is 9.64. The lowest BCUT2D eigenvalue weighted by Crippen LogP contribution is -1.97. The maximum atomic E-state index is 12.1. The Hall–Kier alpha value is -2.26. The van der Waals surface area contributed by atoms with E-state index in [2.05, 4.69) is 0 Å². The highest BCUT2D eigenvalue weighted by molar-refractivity contribution is 6.31. The summed E-state index contributed by atoms with van der Waals surface area (Å²) in [5.41, 5.74) is 1.26. The van der Waals surface area contributed by atoms with E-state index in [0.717, 1.165) is 10.8 Å². The molecule has 0 aliphatic carbocycles. The summed E-state index contributed by atoms with van der Waals surface area (Å²) in [7, 11) is 0. The lowest BCUT2D eigenvalue weighted by atomic mass is 10.1. The van der Waals surface area contributed by atoms with Crippen molar-refractivity contribution in [2.24, 2.45) is 0 Å². The first kappa shape index (κ1) is 10.6. The second kappa shape index (κ2) is 3.62. The topological polar surface area (TPSA) is 43.4 Å². The minimum absolute atomic E-state index is 0.394. The van der Waals surface area contributed by atoms with Gasteiger partial charge in [0.2, 0.25) is 0 Å². The third kappa shape index (κ3) is 1.42. The van der Waals surface area contributed by atoms with Crippen LogP contribution >= 0.6 is 11.6 Å². The van der Waals surface area contributed by atoms with Crippen LogP contribution in [0.5, 0.6) is 0 Å². The minimum atomic E-state index is -0.394. The van der Waals surface area contributed by atoms with Crippen LogP contribution in [-0.2, 0) is 0 Å². The van der Waals surface area contributed by atoms with E-state index in [1.54, 1.807) is 24.3 Å². The molecular formula is C15H7ClO3. The van der Waals surface area contributed by atoms with E-state index in [4.69, 9.17) is 20.4 Å². The van der Waals surface area contributed by atoms with Crippen molar-refractivity contribution in [2.45, 2.75) is 0 Å². The smallest absolute Gasteiger partial charge is 0.348 e. The van der Waals surface area contributed by atoms with Crippen LogP contribution in [0.2, 0.25) is 5.02 Å². The number of hydrogen-bond acceptors (Lipinski definition) is 3. The van der Waals surface area contributed by atoms with Gasteiger partial charge in [0.25, 0.3) is 0 Å². The minimum Gasteiger partial charge on any atom is -0.455 e. The Morgan fingerprint density at radius 3 is 2.63 bits per heavy atom. The first-order valence-electron chi connectivity index (χ1n) is 5.77. The molecule has 0 bridgehead atoms. The largest absolute Gasteiger partial charge is 0.455 e.